The summed E-state index contributed by atoms with van der Waals surface area (Å²) in [5.74, 6) is 0. The molecule has 2 aromatic rings. The largest absolute Gasteiger partial charge is 0.385 e. The van der Waals surface area contributed by atoms with Crippen molar-refractivity contribution in [1.82, 2.24) is 9.97 Å². The van der Waals surface area contributed by atoms with Crippen LogP contribution < -0.4 is 0 Å². The zero-order chi connectivity index (χ0) is 15.6. The van der Waals surface area contributed by atoms with Gasteiger partial charge in [-0.2, -0.15) is 0 Å². The van der Waals surface area contributed by atoms with E-state index in [-0.39, 0.29) is 0 Å². The molecule has 0 unspecified atom stereocenters. The lowest BCUT2D eigenvalue weighted by Crippen LogP contribution is -1.83. The number of aromatic nitrogens is 2. The average Bonchev–Trinajstić information content (AvgIpc) is 2.60. The number of methoxy groups -OCH3 is 1. The Morgan fingerprint density at radius 2 is 1.15 bits per heavy atom. The third kappa shape index (κ3) is 10.2. The van der Waals surface area contributed by atoms with Gasteiger partial charge in [-0.25, -0.2) is 0 Å². The highest BCUT2D eigenvalue weighted by atomic mass is 16.5. The van der Waals surface area contributed by atoms with Gasteiger partial charge in [0.1, 0.15) is 0 Å². The van der Waals surface area contributed by atoms with E-state index in [9.17, 15) is 0 Å². The van der Waals surface area contributed by atoms with E-state index < -0.39 is 0 Å². The normalized spacial score (nSPS) is 7.90. The fraction of sp³-hybridized carbons (Fsp3) is 0.412. The fourth-order valence-corrected chi connectivity index (χ4v) is 1.03. The Morgan fingerprint density at radius 1 is 0.800 bits per heavy atom. The Kier molecular flexibility index (Phi) is 17.8. The van der Waals surface area contributed by atoms with E-state index in [0.717, 1.165) is 18.0 Å². The van der Waals surface area contributed by atoms with Crippen LogP contribution in [0.5, 0.6) is 0 Å². The Labute approximate surface area is 124 Å². The van der Waals surface area contributed by atoms with Gasteiger partial charge in [0, 0.05) is 26.1 Å². The summed E-state index contributed by atoms with van der Waals surface area (Å²) in [6, 6.07) is 11.6. The second kappa shape index (κ2) is 17.3. The highest BCUT2D eigenvalue weighted by molar-refractivity contribution is 5.52. The quantitative estimate of drug-likeness (QED) is 0.786. The molecule has 0 aromatic carbocycles. The zero-order valence-electron chi connectivity index (χ0n) is 13.6. The van der Waals surface area contributed by atoms with Crippen molar-refractivity contribution in [3.63, 3.8) is 0 Å². The number of hydrogen-bond acceptors (Lipinski definition) is 3. The Hall–Kier alpha value is -1.74. The van der Waals surface area contributed by atoms with Gasteiger partial charge in [0.15, 0.2) is 0 Å². The standard InChI is InChI=1S/C10H8N2.C3H8O.2C2H6/c1-3-7-11-9(5-1)10-6-2-4-8-12-10;1-3-4-2;2*1-2/h1-8H;3H2,1-2H3;2*1-2H3. The Bertz CT molecular complexity index is 337. The van der Waals surface area contributed by atoms with E-state index in [4.69, 9.17) is 0 Å². The predicted octanol–water partition coefficient (Wildman–Crippen LogP) is 4.85. The van der Waals surface area contributed by atoms with Crippen LogP contribution in [0, 0.1) is 0 Å². The van der Waals surface area contributed by atoms with Crippen molar-refractivity contribution in [1.29, 1.82) is 0 Å². The summed E-state index contributed by atoms with van der Waals surface area (Å²) in [7, 11) is 1.68. The van der Waals surface area contributed by atoms with Crippen molar-refractivity contribution in [2.45, 2.75) is 34.6 Å². The van der Waals surface area contributed by atoms with Crippen LogP contribution in [-0.2, 0) is 4.74 Å². The first-order chi connectivity index (χ1) is 9.88. The second-order valence-electron chi connectivity index (χ2n) is 3.01. The maximum Gasteiger partial charge on any atom is 0.0886 e. The summed E-state index contributed by atoms with van der Waals surface area (Å²) in [5.41, 5.74) is 1.83. The lowest BCUT2D eigenvalue weighted by atomic mass is 10.2. The molecule has 0 N–H and O–H groups in total. The fourth-order valence-electron chi connectivity index (χ4n) is 1.03. The minimum absolute atomic E-state index is 0.819. The summed E-state index contributed by atoms with van der Waals surface area (Å²) in [6.45, 7) is 10.8. The molecule has 2 rings (SSSR count). The number of pyridine rings is 2. The topological polar surface area (TPSA) is 35.0 Å². The molecule has 0 spiro atoms. The van der Waals surface area contributed by atoms with Gasteiger partial charge in [0.25, 0.3) is 0 Å². The van der Waals surface area contributed by atoms with Gasteiger partial charge >= 0.3 is 0 Å². The molecule has 20 heavy (non-hydrogen) atoms. The highest BCUT2D eigenvalue weighted by Gasteiger charge is 1.95. The number of hydrogen-bond donors (Lipinski definition) is 0. The Morgan fingerprint density at radius 3 is 1.35 bits per heavy atom. The smallest absolute Gasteiger partial charge is 0.0886 e. The third-order valence-corrected chi connectivity index (χ3v) is 1.88. The van der Waals surface area contributed by atoms with E-state index in [1.54, 1.807) is 19.5 Å². The van der Waals surface area contributed by atoms with Crippen molar-refractivity contribution in [3.05, 3.63) is 48.8 Å². The molecule has 0 fully saturated rings. The first-order valence-corrected chi connectivity index (χ1v) is 7.19. The molecule has 0 aliphatic rings. The third-order valence-electron chi connectivity index (χ3n) is 1.88. The van der Waals surface area contributed by atoms with Crippen LogP contribution in [-0.4, -0.2) is 23.7 Å². The highest BCUT2D eigenvalue weighted by Crippen LogP contribution is 2.10. The molecule has 0 saturated heterocycles. The van der Waals surface area contributed by atoms with E-state index in [0.29, 0.717) is 0 Å². The molecule has 0 aliphatic heterocycles. The van der Waals surface area contributed by atoms with E-state index in [1.165, 1.54) is 0 Å². The van der Waals surface area contributed by atoms with Crippen LogP contribution in [0.25, 0.3) is 11.4 Å². The van der Waals surface area contributed by atoms with Crippen LogP contribution in [0.15, 0.2) is 48.8 Å². The van der Waals surface area contributed by atoms with Gasteiger partial charge in [-0.1, -0.05) is 39.8 Å². The monoisotopic (exact) mass is 276 g/mol. The first-order valence-electron chi connectivity index (χ1n) is 7.19. The lowest BCUT2D eigenvalue weighted by Gasteiger charge is -1.96. The maximum absolute atomic E-state index is 4.54. The summed E-state index contributed by atoms with van der Waals surface area (Å²) >= 11 is 0. The second-order valence-corrected chi connectivity index (χ2v) is 3.01. The summed E-state index contributed by atoms with van der Waals surface area (Å²) in [4.78, 5) is 8.37. The molecule has 3 nitrogen and oxygen atoms in total. The van der Waals surface area contributed by atoms with Gasteiger partial charge in [0.05, 0.1) is 11.4 Å². The zero-order valence-corrected chi connectivity index (χ0v) is 13.6. The van der Waals surface area contributed by atoms with E-state index in [1.807, 2.05) is 71.0 Å². The molecule has 2 heterocycles. The van der Waals surface area contributed by atoms with Crippen LogP contribution in [0.1, 0.15) is 34.6 Å². The minimum atomic E-state index is 0.819. The minimum Gasteiger partial charge on any atom is -0.385 e. The summed E-state index contributed by atoms with van der Waals surface area (Å²) in [5, 5.41) is 0. The van der Waals surface area contributed by atoms with E-state index in [2.05, 4.69) is 14.7 Å². The van der Waals surface area contributed by atoms with Crippen LogP contribution in [0.2, 0.25) is 0 Å². The molecular weight excluding hydrogens is 248 g/mol. The summed E-state index contributed by atoms with van der Waals surface area (Å²) < 4.78 is 4.54. The van der Waals surface area contributed by atoms with Crippen molar-refractivity contribution < 1.29 is 4.74 Å². The molecular formula is C17H28N2O. The van der Waals surface area contributed by atoms with Crippen molar-refractivity contribution in [2.24, 2.45) is 0 Å². The predicted molar refractivity (Wildman–Crippen MR) is 87.7 cm³/mol. The van der Waals surface area contributed by atoms with Gasteiger partial charge in [-0.15, -0.1) is 0 Å². The van der Waals surface area contributed by atoms with Crippen molar-refractivity contribution in [2.75, 3.05) is 13.7 Å². The average molecular weight is 276 g/mol. The first kappa shape index (κ1) is 20.6. The van der Waals surface area contributed by atoms with Crippen LogP contribution >= 0.6 is 0 Å². The molecule has 3 heteroatoms. The molecule has 0 amide bonds. The maximum atomic E-state index is 4.54. The van der Waals surface area contributed by atoms with Crippen molar-refractivity contribution >= 4 is 0 Å². The summed E-state index contributed by atoms with van der Waals surface area (Å²) in [6.07, 6.45) is 3.54. The van der Waals surface area contributed by atoms with Crippen LogP contribution in [0.3, 0.4) is 0 Å². The lowest BCUT2D eigenvalue weighted by molar-refractivity contribution is 0.215. The van der Waals surface area contributed by atoms with Gasteiger partial charge in [-0.3, -0.25) is 9.97 Å². The van der Waals surface area contributed by atoms with Gasteiger partial charge in [0.2, 0.25) is 0 Å². The molecule has 0 bridgehead atoms. The van der Waals surface area contributed by atoms with E-state index >= 15 is 0 Å². The number of rotatable bonds is 2. The number of nitrogens with zero attached hydrogens (tertiary/aromatic N) is 2. The SMILES string of the molecule is CC.CC.CCOC.c1ccc(-c2ccccn2)nc1. The van der Waals surface area contributed by atoms with Gasteiger partial charge < -0.3 is 4.74 Å². The molecule has 2 aromatic heterocycles. The van der Waals surface area contributed by atoms with Crippen molar-refractivity contribution in [3.8, 4) is 11.4 Å². The van der Waals surface area contributed by atoms with Crippen LogP contribution in [0.4, 0.5) is 0 Å². The number of ether oxygens (including phenoxy) is 1. The molecule has 0 aliphatic carbocycles. The molecule has 0 radical (unpaired) electrons. The molecule has 0 atom stereocenters. The Balaban J connectivity index is 0. The molecule has 0 saturated carbocycles. The van der Waals surface area contributed by atoms with Gasteiger partial charge in [-0.05, 0) is 31.2 Å². The molecule has 112 valence electrons.